The second-order valence-corrected chi connectivity index (χ2v) is 3.36. The summed E-state index contributed by atoms with van der Waals surface area (Å²) in [6.45, 7) is 8.34. The molecule has 0 aromatic heterocycles. The van der Waals surface area contributed by atoms with Crippen LogP contribution >= 0.6 is 0 Å². The van der Waals surface area contributed by atoms with Crippen molar-refractivity contribution in [2.75, 3.05) is 19.6 Å². The van der Waals surface area contributed by atoms with Gasteiger partial charge in [0.25, 0.3) is 0 Å². The summed E-state index contributed by atoms with van der Waals surface area (Å²) in [5.74, 6) is 0.0648. The number of hydrogen-bond acceptors (Lipinski definition) is 2. The molecule has 3 nitrogen and oxygen atoms in total. The number of nitrogens with zero attached hydrogens (tertiary/aromatic N) is 1. The highest BCUT2D eigenvalue weighted by Gasteiger charge is 2.19. The summed E-state index contributed by atoms with van der Waals surface area (Å²) >= 11 is 0. The van der Waals surface area contributed by atoms with Gasteiger partial charge in [-0.05, 0) is 25.5 Å². The van der Waals surface area contributed by atoms with Gasteiger partial charge in [-0.25, -0.2) is 0 Å². The summed E-state index contributed by atoms with van der Waals surface area (Å²) in [4.78, 5) is 13.1. The van der Waals surface area contributed by atoms with Gasteiger partial charge < -0.3 is 10.2 Å². The molecule has 74 valence electrons. The van der Waals surface area contributed by atoms with Crippen LogP contribution in [0.1, 0.15) is 19.8 Å². The van der Waals surface area contributed by atoms with Crippen LogP contribution in [0.15, 0.2) is 12.7 Å². The van der Waals surface area contributed by atoms with E-state index in [4.69, 9.17) is 0 Å². The minimum Gasteiger partial charge on any atom is -0.339 e. The molecule has 0 atom stereocenters. The van der Waals surface area contributed by atoms with Crippen LogP contribution in [0.2, 0.25) is 0 Å². The van der Waals surface area contributed by atoms with Gasteiger partial charge in [0, 0.05) is 19.1 Å². The van der Waals surface area contributed by atoms with E-state index < -0.39 is 0 Å². The number of amides is 1. The molecule has 0 aliphatic carbocycles. The Hall–Kier alpha value is -0.830. The normalized spacial score (nSPS) is 18.7. The maximum absolute atomic E-state index is 11.2. The molecule has 0 spiro atoms. The monoisotopic (exact) mass is 182 g/mol. The Labute approximate surface area is 79.8 Å². The lowest BCUT2D eigenvalue weighted by atomic mass is 10.1. The molecule has 1 aliphatic rings. The largest absolute Gasteiger partial charge is 0.339 e. The van der Waals surface area contributed by atoms with Crippen molar-refractivity contribution in [3.05, 3.63) is 12.7 Å². The van der Waals surface area contributed by atoms with Gasteiger partial charge >= 0.3 is 0 Å². The SMILES string of the molecule is C=CC(=O)N1CCC(NCC)CC1. The van der Waals surface area contributed by atoms with Crippen LogP contribution in [0, 0.1) is 0 Å². The Morgan fingerprint density at radius 2 is 2.23 bits per heavy atom. The summed E-state index contributed by atoms with van der Waals surface area (Å²) in [6, 6.07) is 0.596. The minimum absolute atomic E-state index is 0.0648. The maximum Gasteiger partial charge on any atom is 0.245 e. The zero-order chi connectivity index (χ0) is 9.68. The number of hydrogen-bond donors (Lipinski definition) is 1. The molecule has 0 aromatic carbocycles. The highest BCUT2D eigenvalue weighted by molar-refractivity contribution is 5.87. The summed E-state index contributed by atoms with van der Waals surface area (Å²) in [7, 11) is 0. The second-order valence-electron chi connectivity index (χ2n) is 3.36. The van der Waals surface area contributed by atoms with E-state index in [9.17, 15) is 4.79 Å². The first-order valence-corrected chi connectivity index (χ1v) is 4.92. The van der Waals surface area contributed by atoms with Gasteiger partial charge in [-0.2, -0.15) is 0 Å². The molecule has 0 saturated carbocycles. The zero-order valence-corrected chi connectivity index (χ0v) is 8.25. The van der Waals surface area contributed by atoms with E-state index in [0.29, 0.717) is 6.04 Å². The lowest BCUT2D eigenvalue weighted by Crippen LogP contribution is -2.44. The molecule has 13 heavy (non-hydrogen) atoms. The highest BCUT2D eigenvalue weighted by Crippen LogP contribution is 2.10. The average Bonchev–Trinajstić information content (AvgIpc) is 2.18. The van der Waals surface area contributed by atoms with Crippen LogP contribution in [0.25, 0.3) is 0 Å². The van der Waals surface area contributed by atoms with Gasteiger partial charge in [-0.15, -0.1) is 0 Å². The van der Waals surface area contributed by atoms with Gasteiger partial charge in [0.15, 0.2) is 0 Å². The lowest BCUT2D eigenvalue weighted by molar-refractivity contribution is -0.127. The third kappa shape index (κ3) is 2.84. The molecule has 3 heteroatoms. The summed E-state index contributed by atoms with van der Waals surface area (Å²) < 4.78 is 0. The van der Waals surface area contributed by atoms with Crippen LogP contribution in [0.4, 0.5) is 0 Å². The van der Waals surface area contributed by atoms with E-state index in [-0.39, 0.29) is 5.91 Å². The van der Waals surface area contributed by atoms with Gasteiger partial charge in [0.1, 0.15) is 0 Å². The molecule has 1 rings (SSSR count). The van der Waals surface area contributed by atoms with Crippen molar-refractivity contribution >= 4 is 5.91 Å². The second kappa shape index (κ2) is 5.02. The summed E-state index contributed by atoms with van der Waals surface area (Å²) in [5.41, 5.74) is 0. The van der Waals surface area contributed by atoms with Crippen molar-refractivity contribution in [2.24, 2.45) is 0 Å². The number of likely N-dealkylation sites (tertiary alicyclic amines) is 1. The van der Waals surface area contributed by atoms with E-state index in [2.05, 4.69) is 18.8 Å². The van der Waals surface area contributed by atoms with Crippen molar-refractivity contribution in [1.29, 1.82) is 0 Å². The third-order valence-corrected chi connectivity index (χ3v) is 2.47. The van der Waals surface area contributed by atoms with E-state index in [1.165, 1.54) is 6.08 Å². The van der Waals surface area contributed by atoms with Crippen molar-refractivity contribution in [3.8, 4) is 0 Å². The van der Waals surface area contributed by atoms with Crippen LogP contribution in [0.3, 0.4) is 0 Å². The number of rotatable bonds is 3. The molecule has 0 unspecified atom stereocenters. The molecular weight excluding hydrogens is 164 g/mol. The molecule has 1 saturated heterocycles. The summed E-state index contributed by atoms with van der Waals surface area (Å²) in [6.07, 6.45) is 3.52. The Kier molecular flexibility index (Phi) is 3.96. The molecule has 0 aromatic rings. The molecule has 1 fully saturated rings. The molecular formula is C10H18N2O. The third-order valence-electron chi connectivity index (χ3n) is 2.47. The van der Waals surface area contributed by atoms with Crippen LogP contribution in [-0.2, 0) is 4.79 Å². The van der Waals surface area contributed by atoms with E-state index >= 15 is 0 Å². The fourth-order valence-electron chi connectivity index (χ4n) is 1.72. The molecule has 1 aliphatic heterocycles. The highest BCUT2D eigenvalue weighted by atomic mass is 16.2. The van der Waals surface area contributed by atoms with Gasteiger partial charge in [-0.3, -0.25) is 4.79 Å². The van der Waals surface area contributed by atoms with Crippen molar-refractivity contribution in [3.63, 3.8) is 0 Å². The van der Waals surface area contributed by atoms with E-state index in [1.807, 2.05) is 4.90 Å². The minimum atomic E-state index is 0.0648. The molecule has 0 radical (unpaired) electrons. The lowest BCUT2D eigenvalue weighted by Gasteiger charge is -2.31. The molecule has 1 heterocycles. The Morgan fingerprint density at radius 1 is 1.62 bits per heavy atom. The standard InChI is InChI=1S/C10H18N2O/c1-3-10(13)12-7-5-9(6-8-12)11-4-2/h3,9,11H,1,4-8H2,2H3. The summed E-state index contributed by atoms with van der Waals surface area (Å²) in [5, 5.41) is 3.40. The van der Waals surface area contributed by atoms with Gasteiger partial charge in [0.2, 0.25) is 5.91 Å². The zero-order valence-electron chi connectivity index (χ0n) is 8.25. The maximum atomic E-state index is 11.2. The molecule has 1 N–H and O–H groups in total. The van der Waals surface area contributed by atoms with E-state index in [0.717, 1.165) is 32.5 Å². The van der Waals surface area contributed by atoms with Crippen LogP contribution in [0.5, 0.6) is 0 Å². The number of piperidine rings is 1. The first-order chi connectivity index (χ1) is 6.27. The fraction of sp³-hybridized carbons (Fsp3) is 0.700. The predicted molar refractivity (Wildman–Crippen MR) is 53.5 cm³/mol. The van der Waals surface area contributed by atoms with Crippen LogP contribution < -0.4 is 5.32 Å². The van der Waals surface area contributed by atoms with Crippen molar-refractivity contribution < 1.29 is 4.79 Å². The Bertz CT molecular complexity index is 183. The number of carbonyl (C=O) groups is 1. The van der Waals surface area contributed by atoms with Gasteiger partial charge in [-0.1, -0.05) is 13.5 Å². The van der Waals surface area contributed by atoms with Crippen molar-refractivity contribution in [1.82, 2.24) is 10.2 Å². The Morgan fingerprint density at radius 3 is 2.69 bits per heavy atom. The number of carbonyl (C=O) groups excluding carboxylic acids is 1. The predicted octanol–water partition coefficient (Wildman–Crippen LogP) is 0.773. The topological polar surface area (TPSA) is 32.3 Å². The fourth-order valence-corrected chi connectivity index (χ4v) is 1.72. The Balaban J connectivity index is 2.30. The van der Waals surface area contributed by atoms with Crippen molar-refractivity contribution in [2.45, 2.75) is 25.8 Å². The molecule has 1 amide bonds. The smallest absolute Gasteiger partial charge is 0.245 e. The molecule has 0 bridgehead atoms. The van der Waals surface area contributed by atoms with Crippen LogP contribution in [-0.4, -0.2) is 36.5 Å². The number of nitrogens with one attached hydrogen (secondary N) is 1. The van der Waals surface area contributed by atoms with Gasteiger partial charge in [0.05, 0.1) is 0 Å². The van der Waals surface area contributed by atoms with E-state index in [1.54, 1.807) is 0 Å². The first-order valence-electron chi connectivity index (χ1n) is 4.92. The quantitative estimate of drug-likeness (QED) is 0.654. The first kappa shape index (κ1) is 10.3. The average molecular weight is 182 g/mol.